The molecule has 0 bridgehead atoms. The topological polar surface area (TPSA) is 36.9 Å². The molecule has 1 aliphatic rings. The van der Waals surface area contributed by atoms with Crippen LogP contribution in [0.25, 0.3) is 0 Å². The monoisotopic (exact) mass is 445 g/mol. The number of guanidine groups is 1. The summed E-state index contributed by atoms with van der Waals surface area (Å²) < 4.78 is 5.30. The van der Waals surface area contributed by atoms with Gasteiger partial charge in [0.25, 0.3) is 0 Å². The molecule has 0 radical (unpaired) electrons. The fraction of sp³-hybridized carbons (Fsp3) is 0.632. The number of benzene rings is 1. The van der Waals surface area contributed by atoms with Crippen molar-refractivity contribution >= 4 is 29.9 Å². The predicted octanol–water partition coefficient (Wildman–Crippen LogP) is 3.52. The molecule has 136 valence electrons. The van der Waals surface area contributed by atoms with E-state index >= 15 is 0 Å². The Kier molecular flexibility index (Phi) is 9.05. The first-order valence-electron chi connectivity index (χ1n) is 8.64. The molecule has 1 aromatic carbocycles. The van der Waals surface area contributed by atoms with Gasteiger partial charge in [-0.05, 0) is 18.9 Å². The van der Waals surface area contributed by atoms with Crippen LogP contribution < -0.4 is 5.32 Å². The Morgan fingerprint density at radius 3 is 2.67 bits per heavy atom. The van der Waals surface area contributed by atoms with Gasteiger partial charge in [0, 0.05) is 38.1 Å². The van der Waals surface area contributed by atoms with Crippen molar-refractivity contribution in [3.63, 3.8) is 0 Å². The zero-order valence-electron chi connectivity index (χ0n) is 15.4. The highest BCUT2D eigenvalue weighted by Gasteiger charge is 2.26. The normalized spacial score (nSPS) is 18.4. The molecule has 5 heteroatoms. The second-order valence-electron chi connectivity index (χ2n) is 6.98. The highest BCUT2D eigenvalue weighted by Crippen LogP contribution is 2.23. The average Bonchev–Trinajstić information content (AvgIpc) is 3.01. The van der Waals surface area contributed by atoms with Crippen LogP contribution in [0.2, 0.25) is 0 Å². The standard InChI is InChI=1S/C19H31N3O.HI/c1-5-20-18(22-12-11-16(13-22)14-23-4)21-15-19(2,3)17-9-7-6-8-10-17;/h6-10,16H,5,11-15H2,1-4H3,(H,20,21);1H. The van der Waals surface area contributed by atoms with Gasteiger partial charge < -0.3 is 15.0 Å². The number of likely N-dealkylation sites (tertiary alicyclic amines) is 1. The number of hydrogen-bond donors (Lipinski definition) is 1. The van der Waals surface area contributed by atoms with E-state index in [1.165, 1.54) is 12.0 Å². The van der Waals surface area contributed by atoms with Crippen molar-refractivity contribution in [2.45, 2.75) is 32.6 Å². The summed E-state index contributed by atoms with van der Waals surface area (Å²) in [7, 11) is 1.78. The van der Waals surface area contributed by atoms with Gasteiger partial charge in [-0.15, -0.1) is 24.0 Å². The number of nitrogens with zero attached hydrogens (tertiary/aromatic N) is 2. The minimum absolute atomic E-state index is 0. The molecule has 1 aromatic rings. The first-order valence-corrected chi connectivity index (χ1v) is 8.64. The Balaban J connectivity index is 0.00000288. The number of methoxy groups -OCH3 is 1. The average molecular weight is 445 g/mol. The van der Waals surface area contributed by atoms with E-state index in [-0.39, 0.29) is 29.4 Å². The van der Waals surface area contributed by atoms with Gasteiger partial charge in [-0.1, -0.05) is 44.2 Å². The second-order valence-corrected chi connectivity index (χ2v) is 6.98. The minimum atomic E-state index is 0. The second kappa shape index (κ2) is 10.2. The lowest BCUT2D eigenvalue weighted by molar-refractivity contribution is 0.157. The lowest BCUT2D eigenvalue weighted by Gasteiger charge is -2.26. The lowest BCUT2D eigenvalue weighted by atomic mass is 9.85. The van der Waals surface area contributed by atoms with Crippen LogP contribution in [-0.2, 0) is 10.2 Å². The number of rotatable bonds is 6. The molecule has 4 nitrogen and oxygen atoms in total. The molecule has 0 saturated carbocycles. The lowest BCUT2D eigenvalue weighted by Crippen LogP contribution is -2.41. The molecule has 0 aromatic heterocycles. The van der Waals surface area contributed by atoms with Crippen molar-refractivity contribution in [2.24, 2.45) is 10.9 Å². The summed E-state index contributed by atoms with van der Waals surface area (Å²) in [5.74, 6) is 1.65. The van der Waals surface area contributed by atoms with E-state index in [1.54, 1.807) is 7.11 Å². The van der Waals surface area contributed by atoms with Gasteiger partial charge in [0.15, 0.2) is 5.96 Å². The maximum atomic E-state index is 5.30. The smallest absolute Gasteiger partial charge is 0.193 e. The third kappa shape index (κ3) is 5.92. The Bertz CT molecular complexity index is 505. The molecule has 0 aliphatic carbocycles. The summed E-state index contributed by atoms with van der Waals surface area (Å²) in [6.45, 7) is 11.3. The van der Waals surface area contributed by atoms with Crippen LogP contribution in [0.1, 0.15) is 32.8 Å². The molecule has 24 heavy (non-hydrogen) atoms. The number of nitrogens with one attached hydrogen (secondary N) is 1. The molecule has 0 amide bonds. The van der Waals surface area contributed by atoms with Crippen molar-refractivity contribution < 1.29 is 4.74 Å². The molecule has 1 atom stereocenters. The van der Waals surface area contributed by atoms with Crippen molar-refractivity contribution in [2.75, 3.05) is 39.9 Å². The number of hydrogen-bond acceptors (Lipinski definition) is 2. The number of halogens is 1. The van der Waals surface area contributed by atoms with Gasteiger partial charge >= 0.3 is 0 Å². The molecule has 2 rings (SSSR count). The van der Waals surface area contributed by atoms with Gasteiger partial charge in [-0.25, -0.2) is 0 Å². The predicted molar refractivity (Wildman–Crippen MR) is 112 cm³/mol. The minimum Gasteiger partial charge on any atom is -0.384 e. The first-order chi connectivity index (χ1) is 11.1. The fourth-order valence-electron chi connectivity index (χ4n) is 3.08. The number of aliphatic imine (C=N–C) groups is 1. The van der Waals surface area contributed by atoms with Gasteiger partial charge in [0.05, 0.1) is 13.2 Å². The SMILES string of the molecule is CCNC(=NCC(C)(C)c1ccccc1)N1CCC(COC)C1.I. The van der Waals surface area contributed by atoms with Crippen LogP contribution in [0.5, 0.6) is 0 Å². The van der Waals surface area contributed by atoms with Crippen LogP contribution in [0.3, 0.4) is 0 Å². The summed E-state index contributed by atoms with van der Waals surface area (Å²) in [5.41, 5.74) is 1.37. The third-order valence-electron chi connectivity index (χ3n) is 4.50. The van der Waals surface area contributed by atoms with Crippen molar-refractivity contribution in [3.05, 3.63) is 35.9 Å². The van der Waals surface area contributed by atoms with E-state index in [1.807, 2.05) is 0 Å². The van der Waals surface area contributed by atoms with E-state index in [4.69, 9.17) is 9.73 Å². The third-order valence-corrected chi connectivity index (χ3v) is 4.50. The van der Waals surface area contributed by atoms with Gasteiger partial charge in [-0.2, -0.15) is 0 Å². The quantitative estimate of drug-likeness (QED) is 0.414. The summed E-state index contributed by atoms with van der Waals surface area (Å²) >= 11 is 0. The number of ether oxygens (including phenoxy) is 1. The first kappa shape index (κ1) is 21.2. The van der Waals surface area contributed by atoms with E-state index < -0.39 is 0 Å². The van der Waals surface area contributed by atoms with E-state index in [2.05, 4.69) is 61.3 Å². The van der Waals surface area contributed by atoms with Gasteiger partial charge in [0.2, 0.25) is 0 Å². The largest absolute Gasteiger partial charge is 0.384 e. The van der Waals surface area contributed by atoms with Crippen LogP contribution >= 0.6 is 24.0 Å². The van der Waals surface area contributed by atoms with Crippen LogP contribution in [0, 0.1) is 5.92 Å². The zero-order chi connectivity index (χ0) is 16.7. The van der Waals surface area contributed by atoms with Gasteiger partial charge in [0.1, 0.15) is 0 Å². The molecular formula is C19H32IN3O. The summed E-state index contributed by atoms with van der Waals surface area (Å²) in [6, 6.07) is 10.6. The van der Waals surface area contributed by atoms with Crippen molar-refractivity contribution in [1.29, 1.82) is 0 Å². The Labute approximate surface area is 164 Å². The Hall–Kier alpha value is -0.820. The molecule has 1 unspecified atom stereocenters. The van der Waals surface area contributed by atoms with E-state index in [0.717, 1.165) is 38.7 Å². The molecule has 1 saturated heterocycles. The maximum absolute atomic E-state index is 5.30. The molecule has 1 aliphatic heterocycles. The highest BCUT2D eigenvalue weighted by atomic mass is 127. The van der Waals surface area contributed by atoms with Crippen LogP contribution in [0.15, 0.2) is 35.3 Å². The molecule has 0 spiro atoms. The van der Waals surface area contributed by atoms with E-state index in [9.17, 15) is 0 Å². The van der Waals surface area contributed by atoms with Crippen molar-refractivity contribution in [3.8, 4) is 0 Å². The molecule has 1 N–H and O–H groups in total. The molecule has 1 heterocycles. The molecular weight excluding hydrogens is 413 g/mol. The van der Waals surface area contributed by atoms with Crippen LogP contribution in [0.4, 0.5) is 0 Å². The summed E-state index contributed by atoms with van der Waals surface area (Å²) in [4.78, 5) is 7.30. The Morgan fingerprint density at radius 1 is 1.33 bits per heavy atom. The van der Waals surface area contributed by atoms with Crippen molar-refractivity contribution in [1.82, 2.24) is 10.2 Å². The fourth-order valence-corrected chi connectivity index (χ4v) is 3.08. The van der Waals surface area contributed by atoms with Crippen LogP contribution in [-0.4, -0.2) is 50.8 Å². The van der Waals surface area contributed by atoms with E-state index in [0.29, 0.717) is 5.92 Å². The zero-order valence-corrected chi connectivity index (χ0v) is 17.7. The Morgan fingerprint density at radius 2 is 2.04 bits per heavy atom. The summed E-state index contributed by atoms with van der Waals surface area (Å²) in [5, 5.41) is 3.45. The van der Waals surface area contributed by atoms with Gasteiger partial charge in [-0.3, -0.25) is 4.99 Å². The summed E-state index contributed by atoms with van der Waals surface area (Å²) in [6.07, 6.45) is 1.18. The highest BCUT2D eigenvalue weighted by molar-refractivity contribution is 14.0. The maximum Gasteiger partial charge on any atom is 0.193 e. The molecule has 1 fully saturated rings.